The van der Waals surface area contributed by atoms with Gasteiger partial charge in [0.05, 0.1) is 6.61 Å². The van der Waals surface area contributed by atoms with Crippen LogP contribution in [0.1, 0.15) is 23.7 Å². The fourth-order valence-corrected chi connectivity index (χ4v) is 3.38. The average Bonchev–Trinajstić information content (AvgIpc) is 3.23. The van der Waals surface area contributed by atoms with E-state index in [4.69, 9.17) is 10.5 Å². The molecule has 0 spiro atoms. The molecule has 0 bridgehead atoms. The van der Waals surface area contributed by atoms with Crippen LogP contribution in [-0.4, -0.2) is 33.0 Å². The molecule has 1 unspecified atom stereocenters. The van der Waals surface area contributed by atoms with Gasteiger partial charge < -0.3 is 10.5 Å². The minimum atomic E-state index is 0.301. The summed E-state index contributed by atoms with van der Waals surface area (Å²) in [5.74, 6) is 1.21. The molecule has 21 heavy (non-hydrogen) atoms. The van der Waals surface area contributed by atoms with Crippen LogP contribution in [0.3, 0.4) is 0 Å². The van der Waals surface area contributed by atoms with E-state index in [0.29, 0.717) is 19.1 Å². The van der Waals surface area contributed by atoms with Gasteiger partial charge >= 0.3 is 0 Å². The predicted octanol–water partition coefficient (Wildman–Crippen LogP) is 1.82. The summed E-state index contributed by atoms with van der Waals surface area (Å²) in [6, 6.07) is 8.16. The van der Waals surface area contributed by atoms with Crippen LogP contribution < -0.4 is 5.73 Å². The molecular weight excluding hydrogens is 286 g/mol. The van der Waals surface area contributed by atoms with E-state index in [-0.39, 0.29) is 0 Å². The molecule has 4 rings (SSSR count). The van der Waals surface area contributed by atoms with Crippen molar-refractivity contribution in [1.29, 1.82) is 0 Å². The Bertz CT molecular complexity index is 757. The Labute approximate surface area is 125 Å². The monoisotopic (exact) mass is 301 g/mol. The van der Waals surface area contributed by atoms with Crippen LogP contribution in [0.5, 0.6) is 0 Å². The maximum atomic E-state index is 5.63. The van der Waals surface area contributed by atoms with Gasteiger partial charge in [0.1, 0.15) is 5.01 Å². The van der Waals surface area contributed by atoms with Crippen molar-refractivity contribution >= 4 is 16.3 Å². The van der Waals surface area contributed by atoms with E-state index < -0.39 is 0 Å². The first-order valence-corrected chi connectivity index (χ1v) is 7.76. The Hall–Kier alpha value is -1.83. The number of fused-ring (bicyclic) bond motifs is 1. The third kappa shape index (κ3) is 2.23. The lowest BCUT2D eigenvalue weighted by Gasteiger charge is -2.02. The maximum absolute atomic E-state index is 5.63. The van der Waals surface area contributed by atoms with Crippen LogP contribution in [0, 0.1) is 0 Å². The average molecular weight is 301 g/mol. The highest BCUT2D eigenvalue weighted by Crippen LogP contribution is 2.29. The normalized spacial score (nSPS) is 18.6. The number of nitrogens with two attached hydrogens (primary N) is 1. The molecule has 1 aliphatic rings. The smallest absolute Gasteiger partial charge is 0.234 e. The van der Waals surface area contributed by atoms with E-state index in [9.17, 15) is 0 Å². The van der Waals surface area contributed by atoms with Gasteiger partial charge in [-0.1, -0.05) is 35.6 Å². The summed E-state index contributed by atoms with van der Waals surface area (Å²) < 4.78 is 7.29. The van der Waals surface area contributed by atoms with Crippen molar-refractivity contribution in [1.82, 2.24) is 19.8 Å². The lowest BCUT2D eigenvalue weighted by molar-refractivity contribution is 0.193. The molecule has 0 aliphatic carbocycles. The van der Waals surface area contributed by atoms with Gasteiger partial charge in [0.25, 0.3) is 0 Å². The van der Waals surface area contributed by atoms with Crippen molar-refractivity contribution in [3.8, 4) is 10.6 Å². The molecule has 0 amide bonds. The third-order valence-electron chi connectivity index (χ3n) is 3.75. The molecule has 3 aromatic rings. The van der Waals surface area contributed by atoms with Crippen LogP contribution >= 0.6 is 11.3 Å². The van der Waals surface area contributed by atoms with Crippen molar-refractivity contribution < 1.29 is 4.74 Å². The van der Waals surface area contributed by atoms with Gasteiger partial charge in [0, 0.05) is 24.6 Å². The van der Waals surface area contributed by atoms with Crippen molar-refractivity contribution in [2.24, 2.45) is 5.73 Å². The molecule has 1 fully saturated rings. The summed E-state index contributed by atoms with van der Waals surface area (Å²) in [6.45, 7) is 2.05. The van der Waals surface area contributed by atoms with Crippen LogP contribution in [0.4, 0.5) is 0 Å². The van der Waals surface area contributed by atoms with Gasteiger partial charge in [0.15, 0.2) is 5.82 Å². The van der Waals surface area contributed by atoms with Crippen LogP contribution in [0.25, 0.3) is 15.5 Å². The van der Waals surface area contributed by atoms with Crippen molar-refractivity contribution in [2.75, 3.05) is 13.2 Å². The molecular formula is C14H15N5OS. The molecule has 1 atom stereocenters. The van der Waals surface area contributed by atoms with E-state index >= 15 is 0 Å². The molecule has 7 heteroatoms. The SMILES string of the molecule is NCc1ccc(-c2nn3c(C4CCOC4)nnc3s2)cc1. The Balaban J connectivity index is 1.72. The molecule has 0 saturated carbocycles. The van der Waals surface area contributed by atoms with Gasteiger partial charge in [-0.25, -0.2) is 0 Å². The number of aromatic nitrogens is 4. The summed E-state index contributed by atoms with van der Waals surface area (Å²) in [4.78, 5) is 0.829. The lowest BCUT2D eigenvalue weighted by atomic mass is 10.1. The van der Waals surface area contributed by atoms with E-state index in [1.165, 1.54) is 0 Å². The summed E-state index contributed by atoms with van der Waals surface area (Å²) in [5.41, 5.74) is 7.82. The first-order valence-electron chi connectivity index (χ1n) is 6.94. The van der Waals surface area contributed by atoms with Gasteiger partial charge in [-0.15, -0.1) is 10.2 Å². The highest BCUT2D eigenvalue weighted by Gasteiger charge is 2.24. The molecule has 2 aromatic heterocycles. The zero-order valence-electron chi connectivity index (χ0n) is 11.4. The first-order chi connectivity index (χ1) is 10.3. The minimum Gasteiger partial charge on any atom is -0.381 e. The molecule has 2 N–H and O–H groups in total. The standard InChI is InChI=1S/C14H15N5OS/c15-7-9-1-3-10(4-2-9)13-18-19-12(11-5-6-20-8-11)16-17-14(19)21-13/h1-4,11H,5-8,15H2. The number of rotatable bonds is 3. The van der Waals surface area contributed by atoms with Gasteiger partial charge in [-0.2, -0.15) is 9.61 Å². The number of benzene rings is 1. The zero-order valence-corrected chi connectivity index (χ0v) is 12.2. The maximum Gasteiger partial charge on any atom is 0.234 e. The first kappa shape index (κ1) is 12.9. The Morgan fingerprint density at radius 3 is 2.86 bits per heavy atom. The predicted molar refractivity (Wildman–Crippen MR) is 80.2 cm³/mol. The zero-order chi connectivity index (χ0) is 14.2. The molecule has 0 radical (unpaired) electrons. The Kier molecular flexibility index (Phi) is 3.17. The molecule has 1 saturated heterocycles. The topological polar surface area (TPSA) is 78.3 Å². The van der Waals surface area contributed by atoms with E-state index in [1.807, 2.05) is 28.8 Å². The Morgan fingerprint density at radius 2 is 2.14 bits per heavy atom. The third-order valence-corrected chi connectivity index (χ3v) is 4.69. The molecule has 1 aliphatic heterocycles. The van der Waals surface area contributed by atoms with E-state index in [2.05, 4.69) is 15.3 Å². The number of hydrogen-bond donors (Lipinski definition) is 1. The van der Waals surface area contributed by atoms with Crippen molar-refractivity contribution in [3.63, 3.8) is 0 Å². The number of nitrogens with zero attached hydrogens (tertiary/aromatic N) is 4. The van der Waals surface area contributed by atoms with Gasteiger partial charge in [-0.05, 0) is 12.0 Å². The number of ether oxygens (including phenoxy) is 1. The van der Waals surface area contributed by atoms with Crippen molar-refractivity contribution in [2.45, 2.75) is 18.9 Å². The second-order valence-corrected chi connectivity index (χ2v) is 6.08. The molecule has 3 heterocycles. The molecule has 6 nitrogen and oxygen atoms in total. The molecule has 108 valence electrons. The summed E-state index contributed by atoms with van der Waals surface area (Å²) in [6.07, 6.45) is 0.985. The van der Waals surface area contributed by atoms with Crippen LogP contribution in [-0.2, 0) is 11.3 Å². The van der Waals surface area contributed by atoms with Crippen molar-refractivity contribution in [3.05, 3.63) is 35.7 Å². The quantitative estimate of drug-likeness (QED) is 0.798. The second kappa shape index (κ2) is 5.18. The highest BCUT2D eigenvalue weighted by atomic mass is 32.1. The highest BCUT2D eigenvalue weighted by molar-refractivity contribution is 7.19. The van der Waals surface area contributed by atoms with Gasteiger partial charge in [0.2, 0.25) is 4.96 Å². The van der Waals surface area contributed by atoms with Gasteiger partial charge in [-0.3, -0.25) is 0 Å². The second-order valence-electron chi connectivity index (χ2n) is 5.12. The fourth-order valence-electron chi connectivity index (χ4n) is 2.52. The summed E-state index contributed by atoms with van der Waals surface area (Å²) >= 11 is 1.55. The lowest BCUT2D eigenvalue weighted by Crippen LogP contribution is -2.04. The fraction of sp³-hybridized carbons (Fsp3) is 0.357. The minimum absolute atomic E-state index is 0.301. The van der Waals surface area contributed by atoms with E-state index in [1.54, 1.807) is 11.3 Å². The number of hydrogen-bond acceptors (Lipinski definition) is 6. The molecule has 1 aromatic carbocycles. The summed E-state index contributed by atoms with van der Waals surface area (Å²) in [5, 5.41) is 14.1. The van der Waals surface area contributed by atoms with Crippen LogP contribution in [0.2, 0.25) is 0 Å². The largest absolute Gasteiger partial charge is 0.381 e. The summed E-state index contributed by atoms with van der Waals surface area (Å²) in [7, 11) is 0. The van der Waals surface area contributed by atoms with Crippen LogP contribution in [0.15, 0.2) is 24.3 Å². The van der Waals surface area contributed by atoms with E-state index in [0.717, 1.165) is 39.9 Å². The Morgan fingerprint density at radius 1 is 1.29 bits per heavy atom.